The number of H-pyrrole nitrogens is 1. The molecular formula is C17H23N3O. The number of aromatic amines is 1. The minimum absolute atomic E-state index is 0.0143. The fourth-order valence-corrected chi connectivity index (χ4v) is 3.18. The van der Waals surface area contributed by atoms with Crippen molar-refractivity contribution in [3.63, 3.8) is 0 Å². The molecule has 4 heteroatoms. The lowest BCUT2D eigenvalue weighted by atomic mass is 9.93. The van der Waals surface area contributed by atoms with Crippen molar-refractivity contribution >= 4 is 16.6 Å². The van der Waals surface area contributed by atoms with Crippen LogP contribution in [0, 0.1) is 5.92 Å². The standard InChI is InChI=1S/C17H23N3O/c1-18-9-6-13-7-10-20(11-8-13)16-12-14-4-2-3-5-15(14)17(21)19-16/h2-5,12-13,18H,6-11H2,1H3,(H,19,21). The van der Waals surface area contributed by atoms with Crippen LogP contribution in [0.4, 0.5) is 5.82 Å². The van der Waals surface area contributed by atoms with Gasteiger partial charge in [0.15, 0.2) is 0 Å². The topological polar surface area (TPSA) is 48.1 Å². The van der Waals surface area contributed by atoms with E-state index >= 15 is 0 Å². The highest BCUT2D eigenvalue weighted by molar-refractivity contribution is 5.83. The Morgan fingerprint density at radius 1 is 1.29 bits per heavy atom. The van der Waals surface area contributed by atoms with Gasteiger partial charge in [-0.05, 0) is 56.3 Å². The van der Waals surface area contributed by atoms with Crippen LogP contribution in [-0.2, 0) is 0 Å². The molecule has 0 unspecified atom stereocenters. The third kappa shape index (κ3) is 3.10. The van der Waals surface area contributed by atoms with Crippen LogP contribution >= 0.6 is 0 Å². The first-order valence-electron chi connectivity index (χ1n) is 7.79. The predicted octanol–water partition coefficient (Wildman–Crippen LogP) is 2.35. The fourth-order valence-electron chi connectivity index (χ4n) is 3.18. The highest BCUT2D eigenvalue weighted by atomic mass is 16.1. The van der Waals surface area contributed by atoms with E-state index in [-0.39, 0.29) is 5.56 Å². The zero-order chi connectivity index (χ0) is 14.7. The maximum atomic E-state index is 12.2. The van der Waals surface area contributed by atoms with E-state index in [2.05, 4.69) is 21.3 Å². The van der Waals surface area contributed by atoms with E-state index in [1.54, 1.807) is 0 Å². The summed E-state index contributed by atoms with van der Waals surface area (Å²) in [5, 5.41) is 5.01. The normalized spacial score (nSPS) is 16.5. The molecule has 1 aromatic carbocycles. The molecule has 0 bridgehead atoms. The largest absolute Gasteiger partial charge is 0.358 e. The molecule has 0 radical (unpaired) electrons. The summed E-state index contributed by atoms with van der Waals surface area (Å²) in [6, 6.07) is 9.88. The van der Waals surface area contributed by atoms with Crippen LogP contribution < -0.4 is 15.8 Å². The van der Waals surface area contributed by atoms with Crippen molar-refractivity contribution in [1.82, 2.24) is 10.3 Å². The van der Waals surface area contributed by atoms with Crippen molar-refractivity contribution in [3.8, 4) is 0 Å². The number of aromatic nitrogens is 1. The maximum absolute atomic E-state index is 12.2. The quantitative estimate of drug-likeness (QED) is 0.906. The first-order chi connectivity index (χ1) is 10.3. The number of rotatable bonds is 4. The maximum Gasteiger partial charge on any atom is 0.257 e. The molecule has 1 aliphatic rings. The van der Waals surface area contributed by atoms with Gasteiger partial charge in [0.1, 0.15) is 5.82 Å². The SMILES string of the molecule is CNCCC1CCN(c2cc3ccccc3c(=O)[nH]2)CC1. The second-order valence-corrected chi connectivity index (χ2v) is 5.89. The highest BCUT2D eigenvalue weighted by Crippen LogP contribution is 2.24. The summed E-state index contributed by atoms with van der Waals surface area (Å²) in [6.07, 6.45) is 3.66. The number of fused-ring (bicyclic) bond motifs is 1. The Kier molecular flexibility index (Phi) is 4.25. The molecule has 0 amide bonds. The molecule has 2 N–H and O–H groups in total. The summed E-state index contributed by atoms with van der Waals surface area (Å²) >= 11 is 0. The summed E-state index contributed by atoms with van der Waals surface area (Å²) in [7, 11) is 2.01. The second-order valence-electron chi connectivity index (χ2n) is 5.89. The van der Waals surface area contributed by atoms with E-state index in [1.807, 2.05) is 31.3 Å². The zero-order valence-corrected chi connectivity index (χ0v) is 12.6. The van der Waals surface area contributed by atoms with Gasteiger partial charge < -0.3 is 15.2 Å². The molecule has 112 valence electrons. The van der Waals surface area contributed by atoms with Gasteiger partial charge in [0, 0.05) is 18.5 Å². The average molecular weight is 285 g/mol. The fraction of sp³-hybridized carbons (Fsp3) is 0.471. The molecule has 0 atom stereocenters. The van der Waals surface area contributed by atoms with Crippen molar-refractivity contribution in [3.05, 3.63) is 40.7 Å². The third-order valence-corrected chi connectivity index (χ3v) is 4.50. The van der Waals surface area contributed by atoms with Gasteiger partial charge in [-0.2, -0.15) is 0 Å². The van der Waals surface area contributed by atoms with Gasteiger partial charge in [0.05, 0.1) is 0 Å². The van der Waals surface area contributed by atoms with Gasteiger partial charge in [-0.3, -0.25) is 4.79 Å². The molecule has 1 fully saturated rings. The number of nitrogens with one attached hydrogen (secondary N) is 2. The van der Waals surface area contributed by atoms with E-state index in [4.69, 9.17) is 0 Å². The number of hydrogen-bond acceptors (Lipinski definition) is 3. The number of benzene rings is 1. The van der Waals surface area contributed by atoms with Crippen molar-refractivity contribution < 1.29 is 0 Å². The van der Waals surface area contributed by atoms with Gasteiger partial charge >= 0.3 is 0 Å². The summed E-state index contributed by atoms with van der Waals surface area (Å²) in [5.74, 6) is 1.77. The average Bonchev–Trinajstić information content (AvgIpc) is 2.53. The van der Waals surface area contributed by atoms with Gasteiger partial charge in [-0.15, -0.1) is 0 Å². The molecule has 0 saturated carbocycles. The molecule has 0 spiro atoms. The van der Waals surface area contributed by atoms with E-state index in [0.29, 0.717) is 0 Å². The van der Waals surface area contributed by atoms with Gasteiger partial charge in [0.25, 0.3) is 5.56 Å². The monoisotopic (exact) mass is 285 g/mol. The molecule has 1 aliphatic heterocycles. The lowest BCUT2D eigenvalue weighted by molar-refractivity contribution is 0.377. The molecule has 1 saturated heterocycles. The minimum Gasteiger partial charge on any atom is -0.358 e. The number of pyridine rings is 1. The summed E-state index contributed by atoms with van der Waals surface area (Å²) in [4.78, 5) is 17.5. The van der Waals surface area contributed by atoms with Gasteiger partial charge in [-0.25, -0.2) is 0 Å². The predicted molar refractivity (Wildman–Crippen MR) is 88.0 cm³/mol. The minimum atomic E-state index is 0.0143. The Bertz CT molecular complexity index is 656. The lowest BCUT2D eigenvalue weighted by Gasteiger charge is -2.33. The Balaban J connectivity index is 1.75. The number of nitrogens with zero attached hydrogens (tertiary/aromatic N) is 1. The van der Waals surface area contributed by atoms with Crippen LogP contribution in [0.5, 0.6) is 0 Å². The molecular weight excluding hydrogens is 262 g/mol. The van der Waals surface area contributed by atoms with Crippen LogP contribution in [-0.4, -0.2) is 31.7 Å². The molecule has 0 aliphatic carbocycles. The molecule has 4 nitrogen and oxygen atoms in total. The van der Waals surface area contributed by atoms with Gasteiger partial charge in [0.2, 0.25) is 0 Å². The summed E-state index contributed by atoms with van der Waals surface area (Å²) in [6.45, 7) is 3.16. The molecule has 21 heavy (non-hydrogen) atoms. The van der Waals surface area contributed by atoms with E-state index in [1.165, 1.54) is 19.3 Å². The Morgan fingerprint density at radius 3 is 2.81 bits per heavy atom. The number of anilines is 1. The number of hydrogen-bond donors (Lipinski definition) is 2. The van der Waals surface area contributed by atoms with Crippen LogP contribution in [0.25, 0.3) is 10.8 Å². The summed E-state index contributed by atoms with van der Waals surface area (Å²) in [5.41, 5.74) is 0.0143. The Hall–Kier alpha value is -1.81. The first kappa shape index (κ1) is 14.1. The lowest BCUT2D eigenvalue weighted by Crippen LogP contribution is -2.35. The smallest absolute Gasteiger partial charge is 0.257 e. The van der Waals surface area contributed by atoms with Crippen molar-refractivity contribution in [1.29, 1.82) is 0 Å². The first-order valence-corrected chi connectivity index (χ1v) is 7.79. The molecule has 1 aromatic heterocycles. The summed E-state index contributed by atoms with van der Waals surface area (Å²) < 4.78 is 0. The Labute approximate surface area is 125 Å². The van der Waals surface area contributed by atoms with E-state index in [0.717, 1.165) is 42.1 Å². The van der Waals surface area contributed by atoms with Crippen LogP contribution in [0.3, 0.4) is 0 Å². The molecule has 3 rings (SSSR count). The zero-order valence-electron chi connectivity index (χ0n) is 12.6. The number of piperidine rings is 1. The Morgan fingerprint density at radius 2 is 2.05 bits per heavy atom. The van der Waals surface area contributed by atoms with Crippen molar-refractivity contribution in [2.24, 2.45) is 5.92 Å². The molecule has 2 aromatic rings. The second kappa shape index (κ2) is 6.31. The molecule has 2 heterocycles. The highest BCUT2D eigenvalue weighted by Gasteiger charge is 2.19. The van der Waals surface area contributed by atoms with Crippen LogP contribution in [0.1, 0.15) is 19.3 Å². The van der Waals surface area contributed by atoms with Crippen molar-refractivity contribution in [2.75, 3.05) is 31.6 Å². The third-order valence-electron chi connectivity index (χ3n) is 4.50. The van der Waals surface area contributed by atoms with Crippen LogP contribution in [0.2, 0.25) is 0 Å². The van der Waals surface area contributed by atoms with E-state index < -0.39 is 0 Å². The van der Waals surface area contributed by atoms with Crippen molar-refractivity contribution in [2.45, 2.75) is 19.3 Å². The van der Waals surface area contributed by atoms with E-state index in [9.17, 15) is 4.79 Å². The van der Waals surface area contributed by atoms with Gasteiger partial charge in [-0.1, -0.05) is 18.2 Å². The van der Waals surface area contributed by atoms with Crippen LogP contribution in [0.15, 0.2) is 35.1 Å².